The first kappa shape index (κ1) is 27.5. The van der Waals surface area contributed by atoms with Crippen LogP contribution < -0.4 is 16.0 Å². The van der Waals surface area contributed by atoms with Gasteiger partial charge in [0.2, 0.25) is 5.91 Å². The van der Waals surface area contributed by atoms with Gasteiger partial charge in [-0.3, -0.25) is 14.4 Å². The van der Waals surface area contributed by atoms with Crippen molar-refractivity contribution in [3.63, 3.8) is 0 Å². The van der Waals surface area contributed by atoms with Gasteiger partial charge in [0.25, 0.3) is 11.8 Å². The first-order chi connectivity index (χ1) is 18.4. The number of hydrogen-bond donors (Lipinski definition) is 3. The number of thiophene rings is 1. The molecule has 1 aromatic heterocycles. The molecule has 0 unspecified atom stereocenters. The highest BCUT2D eigenvalue weighted by Gasteiger charge is 2.16. The number of carbonyl (C=O) groups is 3. The summed E-state index contributed by atoms with van der Waals surface area (Å²) in [7, 11) is 0. The lowest BCUT2D eigenvalue weighted by atomic mass is 10.2. The van der Waals surface area contributed by atoms with Crippen LogP contribution in [-0.4, -0.2) is 23.5 Å². The number of thioether (sulfide) groups is 1. The number of anilines is 2. The van der Waals surface area contributed by atoms with Crippen molar-refractivity contribution in [1.29, 1.82) is 0 Å². The number of rotatable bonds is 9. The lowest BCUT2D eigenvalue weighted by Gasteiger charge is -2.12. The lowest BCUT2D eigenvalue weighted by Crippen LogP contribution is -2.30. The molecular weight excluding hydrogens is 561 g/mol. The van der Waals surface area contributed by atoms with Crippen LogP contribution in [0.4, 0.5) is 11.4 Å². The average Bonchev–Trinajstić information content (AvgIpc) is 3.43. The second kappa shape index (κ2) is 13.3. The third-order valence-corrected chi connectivity index (χ3v) is 7.39. The quantitative estimate of drug-likeness (QED) is 0.144. The third-order valence-electron chi connectivity index (χ3n) is 5.03. The topological polar surface area (TPSA) is 87.3 Å². The highest BCUT2D eigenvalue weighted by atomic mass is 35.5. The number of hydrogen-bond acceptors (Lipinski definition) is 5. The van der Waals surface area contributed by atoms with Gasteiger partial charge in [0.05, 0.1) is 16.5 Å². The molecule has 0 aliphatic heterocycles. The highest BCUT2D eigenvalue weighted by molar-refractivity contribution is 8.00. The molecule has 3 aromatic carbocycles. The maximum atomic E-state index is 13.2. The third kappa shape index (κ3) is 7.97. The van der Waals surface area contributed by atoms with Gasteiger partial charge in [0, 0.05) is 26.0 Å². The van der Waals surface area contributed by atoms with Gasteiger partial charge in [0.1, 0.15) is 5.70 Å². The molecule has 192 valence electrons. The molecule has 4 rings (SSSR count). The van der Waals surface area contributed by atoms with Crippen molar-refractivity contribution in [1.82, 2.24) is 5.32 Å². The molecule has 38 heavy (non-hydrogen) atoms. The Morgan fingerprint density at radius 1 is 0.868 bits per heavy atom. The minimum absolute atomic E-state index is 0.110. The largest absolute Gasteiger partial charge is 0.324 e. The lowest BCUT2D eigenvalue weighted by molar-refractivity contribution is -0.114. The zero-order chi connectivity index (χ0) is 26.9. The molecule has 0 aliphatic carbocycles. The van der Waals surface area contributed by atoms with Crippen molar-refractivity contribution in [3.8, 4) is 0 Å². The summed E-state index contributed by atoms with van der Waals surface area (Å²) < 4.78 is 0. The summed E-state index contributed by atoms with van der Waals surface area (Å²) in [4.78, 5) is 39.9. The molecule has 0 atom stereocenters. The fourth-order valence-electron chi connectivity index (χ4n) is 3.25. The minimum Gasteiger partial charge on any atom is -0.324 e. The normalized spacial score (nSPS) is 11.1. The summed E-state index contributed by atoms with van der Waals surface area (Å²) in [6, 6.07) is 24.3. The number of halogens is 2. The summed E-state index contributed by atoms with van der Waals surface area (Å²) in [5.41, 5.74) is 1.55. The summed E-state index contributed by atoms with van der Waals surface area (Å²) in [6.07, 6.45) is 1.63. The minimum atomic E-state index is -0.472. The Bertz CT molecular complexity index is 1480. The summed E-state index contributed by atoms with van der Waals surface area (Å²) in [5.74, 6) is -0.967. The van der Waals surface area contributed by atoms with Crippen molar-refractivity contribution in [3.05, 3.63) is 116 Å². The van der Waals surface area contributed by atoms with Gasteiger partial charge in [-0.05, 0) is 66.1 Å². The zero-order valence-electron chi connectivity index (χ0n) is 19.7. The molecule has 4 aromatic rings. The van der Waals surface area contributed by atoms with Crippen LogP contribution in [0.25, 0.3) is 6.08 Å². The number of benzene rings is 3. The van der Waals surface area contributed by atoms with E-state index in [2.05, 4.69) is 16.0 Å². The van der Waals surface area contributed by atoms with Crippen molar-refractivity contribution in [2.24, 2.45) is 0 Å². The van der Waals surface area contributed by atoms with Gasteiger partial charge in [-0.15, -0.1) is 23.1 Å². The second-order valence-corrected chi connectivity index (χ2v) is 10.7. The van der Waals surface area contributed by atoms with Crippen LogP contribution in [0.1, 0.15) is 15.2 Å². The van der Waals surface area contributed by atoms with E-state index >= 15 is 0 Å². The molecule has 0 saturated heterocycles. The van der Waals surface area contributed by atoms with E-state index in [0.29, 0.717) is 27.0 Å². The first-order valence-corrected chi connectivity index (χ1v) is 13.9. The molecule has 0 fully saturated rings. The van der Waals surface area contributed by atoms with Crippen molar-refractivity contribution >= 4 is 81.5 Å². The van der Waals surface area contributed by atoms with Crippen LogP contribution in [-0.2, 0) is 9.59 Å². The van der Waals surface area contributed by atoms with E-state index in [4.69, 9.17) is 23.2 Å². The molecule has 0 bridgehead atoms. The fraction of sp³-hybridized carbons (Fsp3) is 0.0357. The van der Waals surface area contributed by atoms with Crippen LogP contribution in [0.2, 0.25) is 10.0 Å². The molecule has 0 radical (unpaired) electrons. The van der Waals surface area contributed by atoms with Crippen LogP contribution in [0.5, 0.6) is 0 Å². The van der Waals surface area contributed by atoms with E-state index in [-0.39, 0.29) is 23.3 Å². The Balaban J connectivity index is 1.41. The maximum Gasteiger partial charge on any atom is 0.272 e. The Morgan fingerprint density at radius 2 is 1.68 bits per heavy atom. The van der Waals surface area contributed by atoms with Gasteiger partial charge in [0.15, 0.2) is 0 Å². The molecule has 1 heterocycles. The van der Waals surface area contributed by atoms with Crippen LogP contribution in [0, 0.1) is 0 Å². The van der Waals surface area contributed by atoms with Gasteiger partial charge >= 0.3 is 0 Å². The highest BCUT2D eigenvalue weighted by Crippen LogP contribution is 2.27. The van der Waals surface area contributed by atoms with E-state index in [9.17, 15) is 14.4 Å². The Hall–Kier alpha value is -3.56. The molecule has 10 heteroatoms. The zero-order valence-corrected chi connectivity index (χ0v) is 22.9. The van der Waals surface area contributed by atoms with Crippen LogP contribution in [0.3, 0.4) is 0 Å². The standard InChI is InChI=1S/C28H21Cl2N3O3S2/c29-19-11-12-24(23(30)14-19)32-26(34)17-38-21-9-4-8-20(15-21)31-28(36)25(16-22-10-5-13-37-22)33-27(35)18-6-2-1-3-7-18/h1-16H,17H2,(H,31,36)(H,32,34)(H,33,35)/b25-16-. The summed E-state index contributed by atoms with van der Waals surface area (Å²) in [6.45, 7) is 0. The molecule has 3 amide bonds. The molecule has 0 spiro atoms. The Kier molecular flexibility index (Phi) is 9.62. The van der Waals surface area contributed by atoms with Crippen molar-refractivity contribution in [2.75, 3.05) is 16.4 Å². The maximum absolute atomic E-state index is 13.2. The van der Waals surface area contributed by atoms with Crippen molar-refractivity contribution in [2.45, 2.75) is 4.90 Å². The van der Waals surface area contributed by atoms with Gasteiger partial charge in [-0.2, -0.15) is 0 Å². The average molecular weight is 583 g/mol. The van der Waals surface area contributed by atoms with E-state index in [1.807, 2.05) is 29.6 Å². The summed E-state index contributed by atoms with van der Waals surface area (Å²) in [5, 5.41) is 11.0. The smallest absolute Gasteiger partial charge is 0.272 e. The Morgan fingerprint density at radius 3 is 2.42 bits per heavy atom. The molecular formula is C28H21Cl2N3O3S2. The fourth-order valence-corrected chi connectivity index (χ4v) is 5.11. The number of nitrogens with one attached hydrogen (secondary N) is 3. The monoisotopic (exact) mass is 581 g/mol. The predicted molar refractivity (Wildman–Crippen MR) is 157 cm³/mol. The van der Waals surface area contributed by atoms with Gasteiger partial charge in [-0.1, -0.05) is 53.5 Å². The van der Waals surface area contributed by atoms with Crippen LogP contribution in [0.15, 0.2) is 101 Å². The van der Waals surface area contributed by atoms with Gasteiger partial charge in [-0.25, -0.2) is 0 Å². The SMILES string of the molecule is O=C(CSc1cccc(NC(=O)/C(=C/c2cccs2)NC(=O)c2ccccc2)c1)Nc1ccc(Cl)cc1Cl. The number of carbonyl (C=O) groups excluding carboxylic acids is 3. The van der Waals surface area contributed by atoms with Gasteiger partial charge < -0.3 is 16.0 Å². The van der Waals surface area contributed by atoms with E-state index in [0.717, 1.165) is 9.77 Å². The molecule has 0 aliphatic rings. The molecule has 0 saturated carbocycles. The van der Waals surface area contributed by atoms with E-state index in [1.165, 1.54) is 23.1 Å². The second-order valence-electron chi connectivity index (χ2n) is 7.84. The summed E-state index contributed by atoms with van der Waals surface area (Å²) >= 11 is 14.8. The molecule has 6 nitrogen and oxygen atoms in total. The Labute approximate surface area is 238 Å². The van der Waals surface area contributed by atoms with E-state index in [1.54, 1.807) is 66.7 Å². The molecule has 3 N–H and O–H groups in total. The number of amides is 3. The van der Waals surface area contributed by atoms with E-state index < -0.39 is 5.91 Å². The predicted octanol–water partition coefficient (Wildman–Crippen LogP) is 7.20. The van der Waals surface area contributed by atoms with Crippen LogP contribution >= 0.6 is 46.3 Å². The first-order valence-electron chi connectivity index (χ1n) is 11.3. The van der Waals surface area contributed by atoms with Crippen molar-refractivity contribution < 1.29 is 14.4 Å².